The van der Waals surface area contributed by atoms with E-state index in [1.807, 2.05) is 17.3 Å². The summed E-state index contributed by atoms with van der Waals surface area (Å²) in [6.45, 7) is 3.71. The van der Waals surface area contributed by atoms with Crippen molar-refractivity contribution in [3.63, 3.8) is 0 Å². The van der Waals surface area contributed by atoms with Gasteiger partial charge in [0, 0.05) is 44.0 Å². The van der Waals surface area contributed by atoms with Crippen molar-refractivity contribution in [2.24, 2.45) is 5.92 Å². The fourth-order valence-electron chi connectivity index (χ4n) is 4.01. The van der Waals surface area contributed by atoms with Crippen LogP contribution in [0.2, 0.25) is 0 Å². The van der Waals surface area contributed by atoms with Gasteiger partial charge in [-0.25, -0.2) is 14.8 Å². The van der Waals surface area contributed by atoms with Gasteiger partial charge in [-0.05, 0) is 57.2 Å². The summed E-state index contributed by atoms with van der Waals surface area (Å²) in [5.74, 6) is 2.26. The standard InChI is InChI=1S/C18H27N5O/c1-22-8-5-14-6-9-23(16(14)12-22)18(24)19-7-4-13-10-20-17(21-11-13)15-2-3-15/h10-11,14-16H,2-9,12H2,1H3,(H,19,24)/t14-,16+/m0/s1. The summed E-state index contributed by atoms with van der Waals surface area (Å²) in [4.78, 5) is 25.8. The van der Waals surface area contributed by atoms with E-state index in [1.165, 1.54) is 19.3 Å². The summed E-state index contributed by atoms with van der Waals surface area (Å²) in [6, 6.07) is 0.484. The highest BCUT2D eigenvalue weighted by atomic mass is 16.2. The minimum Gasteiger partial charge on any atom is -0.338 e. The molecule has 1 aliphatic carbocycles. The average molecular weight is 329 g/mol. The molecule has 3 fully saturated rings. The number of carbonyl (C=O) groups is 1. The first-order chi connectivity index (χ1) is 11.7. The molecular formula is C18H27N5O. The number of nitrogens with zero attached hydrogens (tertiary/aromatic N) is 4. The minimum atomic E-state index is 0.0910. The third kappa shape index (κ3) is 3.38. The molecule has 0 spiro atoms. The maximum absolute atomic E-state index is 12.5. The summed E-state index contributed by atoms with van der Waals surface area (Å²) in [6.07, 6.45) is 9.44. The number of urea groups is 1. The minimum absolute atomic E-state index is 0.0910. The van der Waals surface area contributed by atoms with Crippen molar-refractivity contribution in [2.45, 2.75) is 44.1 Å². The largest absolute Gasteiger partial charge is 0.338 e. The lowest BCUT2D eigenvalue weighted by Crippen LogP contribution is -2.51. The van der Waals surface area contributed by atoms with E-state index in [1.54, 1.807) is 0 Å². The first-order valence-corrected chi connectivity index (χ1v) is 9.24. The molecule has 130 valence electrons. The lowest BCUT2D eigenvalue weighted by molar-refractivity contribution is 0.131. The van der Waals surface area contributed by atoms with Crippen LogP contribution in [0.4, 0.5) is 4.79 Å². The Hall–Kier alpha value is -1.69. The van der Waals surface area contributed by atoms with Gasteiger partial charge < -0.3 is 15.1 Å². The Bertz CT molecular complexity index is 586. The maximum atomic E-state index is 12.5. The van der Waals surface area contributed by atoms with Gasteiger partial charge in [-0.1, -0.05) is 0 Å². The van der Waals surface area contributed by atoms with Crippen LogP contribution in [-0.4, -0.2) is 65.1 Å². The van der Waals surface area contributed by atoms with E-state index in [4.69, 9.17) is 0 Å². The van der Waals surface area contributed by atoms with Crippen molar-refractivity contribution in [3.05, 3.63) is 23.8 Å². The van der Waals surface area contributed by atoms with Gasteiger partial charge >= 0.3 is 6.03 Å². The summed E-state index contributed by atoms with van der Waals surface area (Å²) in [5, 5.41) is 3.08. The normalized spacial score (nSPS) is 27.1. The van der Waals surface area contributed by atoms with Gasteiger partial charge in [0.25, 0.3) is 0 Å². The molecule has 0 bridgehead atoms. The molecule has 1 aromatic heterocycles. The Labute approximate surface area is 143 Å². The molecule has 4 rings (SSSR count). The van der Waals surface area contributed by atoms with E-state index >= 15 is 0 Å². The molecule has 1 saturated carbocycles. The SMILES string of the molecule is CN1CC[C@H]2CCN(C(=O)NCCc3cnc(C4CC4)nc3)[C@@H]2C1. The van der Waals surface area contributed by atoms with E-state index in [2.05, 4.69) is 27.2 Å². The van der Waals surface area contributed by atoms with E-state index in [9.17, 15) is 4.79 Å². The summed E-state index contributed by atoms with van der Waals surface area (Å²) in [5.41, 5.74) is 1.09. The lowest BCUT2D eigenvalue weighted by Gasteiger charge is -2.36. The zero-order valence-corrected chi connectivity index (χ0v) is 14.4. The van der Waals surface area contributed by atoms with E-state index in [0.29, 0.717) is 24.4 Å². The smallest absolute Gasteiger partial charge is 0.317 e. The van der Waals surface area contributed by atoms with Gasteiger partial charge in [-0.3, -0.25) is 0 Å². The van der Waals surface area contributed by atoms with Gasteiger partial charge in [-0.15, -0.1) is 0 Å². The fraction of sp³-hybridized carbons (Fsp3) is 0.722. The van der Waals surface area contributed by atoms with Gasteiger partial charge in [0.05, 0.1) is 0 Å². The van der Waals surface area contributed by atoms with Crippen molar-refractivity contribution >= 4 is 6.03 Å². The van der Waals surface area contributed by atoms with Crippen LogP contribution in [0.5, 0.6) is 0 Å². The molecule has 0 radical (unpaired) electrons. The number of hydrogen-bond donors (Lipinski definition) is 1. The molecule has 2 atom stereocenters. The number of piperidine rings is 1. The number of likely N-dealkylation sites (tertiary alicyclic amines) is 2. The number of hydrogen-bond acceptors (Lipinski definition) is 4. The van der Waals surface area contributed by atoms with Crippen molar-refractivity contribution in [1.82, 2.24) is 25.1 Å². The van der Waals surface area contributed by atoms with Crippen LogP contribution in [0.1, 0.15) is 43.0 Å². The molecule has 0 unspecified atom stereocenters. The van der Waals surface area contributed by atoms with Gasteiger partial charge in [0.1, 0.15) is 5.82 Å². The molecule has 1 aromatic rings. The molecule has 2 aliphatic heterocycles. The molecule has 0 aromatic carbocycles. The highest BCUT2D eigenvalue weighted by molar-refractivity contribution is 5.75. The van der Waals surface area contributed by atoms with Crippen molar-refractivity contribution < 1.29 is 4.79 Å². The van der Waals surface area contributed by atoms with Crippen LogP contribution >= 0.6 is 0 Å². The van der Waals surface area contributed by atoms with E-state index < -0.39 is 0 Å². The number of nitrogens with one attached hydrogen (secondary N) is 1. The fourth-order valence-corrected chi connectivity index (χ4v) is 4.01. The number of rotatable bonds is 4. The Kier molecular flexibility index (Phi) is 4.39. The molecule has 2 saturated heterocycles. The van der Waals surface area contributed by atoms with Crippen LogP contribution in [0, 0.1) is 5.92 Å². The summed E-state index contributed by atoms with van der Waals surface area (Å²) < 4.78 is 0. The van der Waals surface area contributed by atoms with Crippen molar-refractivity contribution in [2.75, 3.05) is 33.2 Å². The molecule has 6 heteroatoms. The lowest BCUT2D eigenvalue weighted by atomic mass is 9.92. The quantitative estimate of drug-likeness (QED) is 0.912. The third-order valence-electron chi connectivity index (χ3n) is 5.68. The maximum Gasteiger partial charge on any atom is 0.317 e. The molecular weight excluding hydrogens is 302 g/mol. The molecule has 6 nitrogen and oxygen atoms in total. The topological polar surface area (TPSA) is 61.4 Å². The zero-order chi connectivity index (χ0) is 16.5. The first kappa shape index (κ1) is 15.8. The number of amides is 2. The van der Waals surface area contributed by atoms with Crippen LogP contribution < -0.4 is 5.32 Å². The second-order valence-corrected chi connectivity index (χ2v) is 7.57. The molecule has 2 amide bonds. The second-order valence-electron chi connectivity index (χ2n) is 7.57. The van der Waals surface area contributed by atoms with Crippen molar-refractivity contribution in [3.8, 4) is 0 Å². The molecule has 1 N–H and O–H groups in total. The Balaban J connectivity index is 1.25. The summed E-state index contributed by atoms with van der Waals surface area (Å²) >= 11 is 0. The molecule has 24 heavy (non-hydrogen) atoms. The Morgan fingerprint density at radius 3 is 2.71 bits per heavy atom. The number of aromatic nitrogens is 2. The van der Waals surface area contributed by atoms with Crippen LogP contribution in [0.15, 0.2) is 12.4 Å². The number of carbonyl (C=O) groups excluding carboxylic acids is 1. The highest BCUT2D eigenvalue weighted by Crippen LogP contribution is 2.37. The summed E-state index contributed by atoms with van der Waals surface area (Å²) in [7, 11) is 2.15. The Morgan fingerprint density at radius 1 is 1.21 bits per heavy atom. The highest BCUT2D eigenvalue weighted by Gasteiger charge is 2.39. The van der Waals surface area contributed by atoms with Crippen LogP contribution in [0.3, 0.4) is 0 Å². The van der Waals surface area contributed by atoms with E-state index in [-0.39, 0.29) is 6.03 Å². The second kappa shape index (κ2) is 6.67. The van der Waals surface area contributed by atoms with Crippen LogP contribution in [-0.2, 0) is 6.42 Å². The predicted octanol–water partition coefficient (Wildman–Crippen LogP) is 1.63. The first-order valence-electron chi connectivity index (χ1n) is 9.24. The molecule has 3 aliphatic rings. The van der Waals surface area contributed by atoms with Crippen LogP contribution in [0.25, 0.3) is 0 Å². The number of fused-ring (bicyclic) bond motifs is 1. The van der Waals surface area contributed by atoms with Gasteiger partial charge in [0.15, 0.2) is 0 Å². The van der Waals surface area contributed by atoms with E-state index in [0.717, 1.165) is 43.9 Å². The monoisotopic (exact) mass is 329 g/mol. The Morgan fingerprint density at radius 2 is 1.96 bits per heavy atom. The zero-order valence-electron chi connectivity index (χ0n) is 14.4. The van der Waals surface area contributed by atoms with Gasteiger partial charge in [-0.2, -0.15) is 0 Å². The van der Waals surface area contributed by atoms with Gasteiger partial charge in [0.2, 0.25) is 0 Å². The van der Waals surface area contributed by atoms with Crippen molar-refractivity contribution in [1.29, 1.82) is 0 Å². The number of likely N-dealkylation sites (N-methyl/N-ethyl adjacent to an activating group) is 1. The third-order valence-corrected chi connectivity index (χ3v) is 5.68. The molecule has 3 heterocycles. The average Bonchev–Trinajstić information content (AvgIpc) is 3.35. The predicted molar refractivity (Wildman–Crippen MR) is 91.8 cm³/mol.